The molecular formula is C11H18O2. The molecule has 74 valence electrons. The maximum atomic E-state index is 11.0. The largest absolute Gasteiger partial charge is 0.497 e. The number of hydrogen-bond donors (Lipinski definition) is 0. The van der Waals surface area contributed by atoms with E-state index in [2.05, 4.69) is 6.92 Å². The first kappa shape index (κ1) is 10.3. The summed E-state index contributed by atoms with van der Waals surface area (Å²) >= 11 is 0. The minimum absolute atomic E-state index is 0.148. The zero-order valence-electron chi connectivity index (χ0n) is 8.29. The highest BCUT2D eigenvalue weighted by atomic mass is 16.5. The topological polar surface area (TPSA) is 26.3 Å². The van der Waals surface area contributed by atoms with Crippen molar-refractivity contribution in [3.63, 3.8) is 0 Å². The number of allylic oxidation sites excluding steroid dienone is 1. The molecule has 0 spiro atoms. The molecule has 13 heavy (non-hydrogen) atoms. The van der Waals surface area contributed by atoms with Crippen LogP contribution in [0.3, 0.4) is 0 Å². The van der Waals surface area contributed by atoms with Gasteiger partial charge in [0.25, 0.3) is 0 Å². The molecule has 0 aromatic carbocycles. The Morgan fingerprint density at radius 1 is 1.46 bits per heavy atom. The third-order valence-corrected chi connectivity index (χ3v) is 2.33. The number of carbonyl (C=O) groups is 1. The van der Waals surface area contributed by atoms with Crippen molar-refractivity contribution in [1.82, 2.24) is 0 Å². The zero-order valence-corrected chi connectivity index (χ0v) is 8.29. The smallest absolute Gasteiger partial charge is 0.162 e. The second-order valence-electron chi connectivity index (χ2n) is 3.58. The lowest BCUT2D eigenvalue weighted by molar-refractivity contribution is -0.118. The van der Waals surface area contributed by atoms with Crippen LogP contribution in [0.4, 0.5) is 0 Å². The Balaban J connectivity index is 2.08. The van der Waals surface area contributed by atoms with E-state index in [0.717, 1.165) is 6.42 Å². The summed E-state index contributed by atoms with van der Waals surface area (Å²) in [6.07, 6.45) is 9.78. The molecule has 0 saturated heterocycles. The molecule has 0 unspecified atom stereocenters. The standard InChI is InChI=1S/C11H18O2/c1-2-3-4-5-6-11-9-10(12)7-8-13-11/h7-8,11H,2-6,9H2,1H3/t11-/m1/s1. The molecule has 1 aliphatic heterocycles. The van der Waals surface area contributed by atoms with Gasteiger partial charge in [0.1, 0.15) is 6.10 Å². The summed E-state index contributed by atoms with van der Waals surface area (Å²) in [5, 5.41) is 0. The summed E-state index contributed by atoms with van der Waals surface area (Å²) < 4.78 is 5.33. The molecule has 0 N–H and O–H groups in total. The van der Waals surface area contributed by atoms with E-state index in [4.69, 9.17) is 4.74 Å². The van der Waals surface area contributed by atoms with Crippen molar-refractivity contribution in [2.24, 2.45) is 0 Å². The van der Waals surface area contributed by atoms with Crippen molar-refractivity contribution < 1.29 is 9.53 Å². The van der Waals surface area contributed by atoms with Crippen molar-refractivity contribution in [3.8, 4) is 0 Å². The first-order chi connectivity index (χ1) is 6.33. The monoisotopic (exact) mass is 182 g/mol. The third kappa shape index (κ3) is 4.11. The van der Waals surface area contributed by atoms with Crippen molar-refractivity contribution >= 4 is 5.78 Å². The van der Waals surface area contributed by atoms with Crippen LogP contribution in [-0.2, 0) is 9.53 Å². The van der Waals surface area contributed by atoms with Gasteiger partial charge in [0, 0.05) is 12.5 Å². The van der Waals surface area contributed by atoms with Crippen LogP contribution >= 0.6 is 0 Å². The SMILES string of the molecule is CCCCCC[C@@H]1CC(=O)C=CO1. The van der Waals surface area contributed by atoms with Gasteiger partial charge in [-0.05, 0) is 12.8 Å². The van der Waals surface area contributed by atoms with Gasteiger partial charge in [-0.1, -0.05) is 26.2 Å². The number of hydrogen-bond acceptors (Lipinski definition) is 2. The highest BCUT2D eigenvalue weighted by Crippen LogP contribution is 2.15. The van der Waals surface area contributed by atoms with E-state index < -0.39 is 0 Å². The first-order valence-corrected chi connectivity index (χ1v) is 5.17. The molecule has 0 aromatic rings. The van der Waals surface area contributed by atoms with Gasteiger partial charge in [-0.2, -0.15) is 0 Å². The molecule has 1 aliphatic rings. The quantitative estimate of drug-likeness (QED) is 0.611. The zero-order chi connectivity index (χ0) is 9.52. The Labute approximate surface area is 80.0 Å². The highest BCUT2D eigenvalue weighted by molar-refractivity contribution is 5.90. The van der Waals surface area contributed by atoms with Gasteiger partial charge in [0.05, 0.1) is 6.26 Å². The molecule has 0 saturated carbocycles. The van der Waals surface area contributed by atoms with Gasteiger partial charge in [0.2, 0.25) is 0 Å². The van der Waals surface area contributed by atoms with Crippen molar-refractivity contribution in [2.75, 3.05) is 0 Å². The molecule has 0 aromatic heterocycles. The summed E-state index contributed by atoms with van der Waals surface area (Å²) in [6.45, 7) is 2.20. The fraction of sp³-hybridized carbons (Fsp3) is 0.727. The predicted molar refractivity (Wildman–Crippen MR) is 52.4 cm³/mol. The summed E-state index contributed by atoms with van der Waals surface area (Å²) in [7, 11) is 0. The average molecular weight is 182 g/mol. The minimum Gasteiger partial charge on any atom is -0.497 e. The lowest BCUT2D eigenvalue weighted by atomic mass is 10.0. The normalized spacial score (nSPS) is 21.6. The molecule has 2 heteroatoms. The molecule has 1 rings (SSSR count). The third-order valence-electron chi connectivity index (χ3n) is 2.33. The van der Waals surface area contributed by atoms with E-state index >= 15 is 0 Å². The van der Waals surface area contributed by atoms with Crippen LogP contribution in [0.1, 0.15) is 45.4 Å². The van der Waals surface area contributed by atoms with Crippen LogP contribution in [0.2, 0.25) is 0 Å². The van der Waals surface area contributed by atoms with E-state index in [1.165, 1.54) is 38.0 Å². The number of carbonyl (C=O) groups excluding carboxylic acids is 1. The fourth-order valence-corrected chi connectivity index (χ4v) is 1.54. The van der Waals surface area contributed by atoms with Crippen LogP contribution in [-0.4, -0.2) is 11.9 Å². The van der Waals surface area contributed by atoms with E-state index in [1.807, 2.05) is 0 Å². The van der Waals surface area contributed by atoms with E-state index in [-0.39, 0.29) is 11.9 Å². The number of unbranched alkanes of at least 4 members (excludes halogenated alkanes) is 3. The Kier molecular flexibility index (Phi) is 4.58. The van der Waals surface area contributed by atoms with E-state index in [9.17, 15) is 4.79 Å². The number of ether oxygens (including phenoxy) is 1. The van der Waals surface area contributed by atoms with Crippen LogP contribution < -0.4 is 0 Å². The van der Waals surface area contributed by atoms with Crippen molar-refractivity contribution in [2.45, 2.75) is 51.6 Å². The van der Waals surface area contributed by atoms with E-state index in [0.29, 0.717) is 6.42 Å². The molecule has 0 amide bonds. The average Bonchev–Trinajstić information content (AvgIpc) is 2.13. The van der Waals surface area contributed by atoms with Crippen LogP contribution in [0, 0.1) is 0 Å². The molecule has 0 radical (unpaired) electrons. The van der Waals surface area contributed by atoms with Gasteiger partial charge in [0.15, 0.2) is 5.78 Å². The molecule has 0 bridgehead atoms. The van der Waals surface area contributed by atoms with Gasteiger partial charge >= 0.3 is 0 Å². The summed E-state index contributed by atoms with van der Waals surface area (Å²) in [6, 6.07) is 0. The Morgan fingerprint density at radius 3 is 3.00 bits per heavy atom. The second-order valence-corrected chi connectivity index (χ2v) is 3.58. The molecular weight excluding hydrogens is 164 g/mol. The lowest BCUT2D eigenvalue weighted by Crippen LogP contribution is -2.18. The van der Waals surface area contributed by atoms with Gasteiger partial charge in [-0.15, -0.1) is 0 Å². The molecule has 1 atom stereocenters. The Hall–Kier alpha value is -0.790. The van der Waals surface area contributed by atoms with Crippen molar-refractivity contribution in [1.29, 1.82) is 0 Å². The summed E-state index contributed by atoms with van der Waals surface area (Å²) in [4.78, 5) is 11.0. The fourth-order valence-electron chi connectivity index (χ4n) is 1.54. The van der Waals surface area contributed by atoms with Crippen molar-refractivity contribution in [3.05, 3.63) is 12.3 Å². The number of ketones is 1. The maximum Gasteiger partial charge on any atom is 0.162 e. The maximum absolute atomic E-state index is 11.0. The molecule has 0 aliphatic carbocycles. The number of rotatable bonds is 5. The summed E-state index contributed by atoms with van der Waals surface area (Å²) in [5.74, 6) is 0.201. The lowest BCUT2D eigenvalue weighted by Gasteiger charge is -2.18. The molecule has 1 heterocycles. The van der Waals surface area contributed by atoms with E-state index in [1.54, 1.807) is 0 Å². The Morgan fingerprint density at radius 2 is 2.31 bits per heavy atom. The Bertz CT molecular complexity index is 185. The molecule has 0 fully saturated rings. The first-order valence-electron chi connectivity index (χ1n) is 5.17. The van der Waals surface area contributed by atoms with Gasteiger partial charge < -0.3 is 4.74 Å². The summed E-state index contributed by atoms with van der Waals surface area (Å²) in [5.41, 5.74) is 0. The van der Waals surface area contributed by atoms with Crippen LogP contribution in [0.5, 0.6) is 0 Å². The van der Waals surface area contributed by atoms with Crippen LogP contribution in [0.15, 0.2) is 12.3 Å². The van der Waals surface area contributed by atoms with Gasteiger partial charge in [-0.25, -0.2) is 0 Å². The molecule has 2 nitrogen and oxygen atoms in total. The highest BCUT2D eigenvalue weighted by Gasteiger charge is 2.15. The predicted octanol–water partition coefficient (Wildman–Crippen LogP) is 2.83. The van der Waals surface area contributed by atoms with Crippen LogP contribution in [0.25, 0.3) is 0 Å². The minimum atomic E-state index is 0.148. The second kappa shape index (κ2) is 5.79. The van der Waals surface area contributed by atoms with Gasteiger partial charge in [-0.3, -0.25) is 4.79 Å².